The van der Waals surface area contributed by atoms with Gasteiger partial charge in [-0.1, -0.05) is 18.2 Å². The topological polar surface area (TPSA) is 98.9 Å². The molecule has 1 aromatic heterocycles. The lowest BCUT2D eigenvalue weighted by molar-refractivity contribution is 0.0991. The molecule has 0 aliphatic rings. The Morgan fingerprint density at radius 2 is 1.76 bits per heavy atom. The molecule has 3 rings (SSSR count). The Balaban J connectivity index is 2.33. The van der Waals surface area contributed by atoms with Crippen LogP contribution >= 0.6 is 12.2 Å². The molecule has 126 valence electrons. The molecule has 0 saturated heterocycles. The smallest absolute Gasteiger partial charge is 0.273 e. The largest absolute Gasteiger partial charge is 0.497 e. The molecule has 3 aromatic rings. The van der Waals surface area contributed by atoms with E-state index in [9.17, 15) is 4.79 Å². The maximum absolute atomic E-state index is 11.8. The lowest BCUT2D eigenvalue weighted by atomic mass is 10.3. The maximum Gasteiger partial charge on any atom is 0.273 e. The molecule has 0 unspecified atom stereocenters. The summed E-state index contributed by atoms with van der Waals surface area (Å²) < 4.78 is 8.24. The van der Waals surface area contributed by atoms with E-state index in [1.807, 2.05) is 18.2 Å². The number of methoxy groups -OCH3 is 1. The van der Waals surface area contributed by atoms with Crippen molar-refractivity contribution in [2.24, 2.45) is 5.73 Å². The van der Waals surface area contributed by atoms with Crippen LogP contribution in [-0.2, 0) is 0 Å². The van der Waals surface area contributed by atoms with Gasteiger partial charge in [-0.25, -0.2) is 4.68 Å². The Bertz CT molecular complexity index is 1040. The van der Waals surface area contributed by atoms with Gasteiger partial charge >= 0.3 is 0 Å². The highest BCUT2D eigenvalue weighted by Gasteiger charge is 2.15. The third-order valence-electron chi connectivity index (χ3n) is 3.59. The summed E-state index contributed by atoms with van der Waals surface area (Å²) in [6.45, 7) is 0. The van der Waals surface area contributed by atoms with E-state index in [-0.39, 0.29) is 16.0 Å². The fraction of sp³-hybridized carbons (Fsp3) is 0.0588. The minimum absolute atomic E-state index is 0.171. The lowest BCUT2D eigenvalue weighted by Crippen LogP contribution is -2.34. The summed E-state index contributed by atoms with van der Waals surface area (Å²) in [5.41, 5.74) is 6.32. The van der Waals surface area contributed by atoms with Gasteiger partial charge < -0.3 is 10.5 Å². The number of para-hydroxylation sites is 1. The fourth-order valence-electron chi connectivity index (χ4n) is 2.36. The fourth-order valence-corrected chi connectivity index (χ4v) is 2.70. The summed E-state index contributed by atoms with van der Waals surface area (Å²) in [4.78, 5) is 11.8. The Morgan fingerprint density at radius 1 is 1.12 bits per heavy atom. The highest BCUT2D eigenvalue weighted by Crippen LogP contribution is 2.15. The molecule has 0 radical (unpaired) electrons. The molecule has 8 heteroatoms. The first-order chi connectivity index (χ1) is 12.0. The summed E-state index contributed by atoms with van der Waals surface area (Å²) in [5, 5.41) is 12.5. The molecule has 1 amide bonds. The number of benzene rings is 2. The molecule has 1 heterocycles. The van der Waals surface area contributed by atoms with E-state index in [0.717, 1.165) is 0 Å². The van der Waals surface area contributed by atoms with Gasteiger partial charge in [0.15, 0.2) is 11.2 Å². The number of ether oxygens (including phenoxy) is 1. The number of hydrogen-bond acceptors (Lipinski definition) is 5. The Kier molecular flexibility index (Phi) is 4.44. The average Bonchev–Trinajstić information content (AvgIpc) is 2.63. The minimum atomic E-state index is -0.799. The number of nitrogens with zero attached hydrogens (tertiary/aromatic N) is 3. The number of carbonyl (C=O) groups excluding carboxylic acids is 1. The third-order valence-corrected chi connectivity index (χ3v) is 3.94. The van der Waals surface area contributed by atoms with E-state index in [4.69, 9.17) is 28.1 Å². The molecular weight excluding hydrogens is 338 g/mol. The normalized spacial score (nSPS) is 10.4. The molecule has 0 aliphatic heterocycles. The van der Waals surface area contributed by atoms with Gasteiger partial charge in [-0.05, 0) is 48.6 Å². The van der Waals surface area contributed by atoms with E-state index < -0.39 is 5.91 Å². The summed E-state index contributed by atoms with van der Waals surface area (Å²) in [5.74, 6) is -0.131. The van der Waals surface area contributed by atoms with Crippen LogP contribution in [0.5, 0.6) is 5.75 Å². The molecule has 0 aliphatic carbocycles. The van der Waals surface area contributed by atoms with E-state index >= 15 is 0 Å². The number of aromatic nitrogens is 3. The van der Waals surface area contributed by atoms with E-state index in [0.29, 0.717) is 17.1 Å². The van der Waals surface area contributed by atoms with Crippen molar-refractivity contribution in [3.05, 3.63) is 70.6 Å². The Labute approximate surface area is 148 Å². The molecule has 0 spiro atoms. The zero-order chi connectivity index (χ0) is 18.0. The van der Waals surface area contributed by atoms with Gasteiger partial charge in [0.05, 0.1) is 18.5 Å². The number of nitrogens with two attached hydrogens (primary N) is 1. The molecule has 25 heavy (non-hydrogen) atoms. The molecule has 0 atom stereocenters. The predicted octanol–water partition coefficient (Wildman–Crippen LogP) is 1.98. The van der Waals surface area contributed by atoms with Gasteiger partial charge in [0, 0.05) is 0 Å². The number of amides is 1. The van der Waals surface area contributed by atoms with Crippen LogP contribution in [-0.4, -0.2) is 27.4 Å². The first-order valence-electron chi connectivity index (χ1n) is 7.33. The molecule has 0 bridgehead atoms. The number of hydrogen-bond donors (Lipinski definition) is 2. The molecular formula is C17H15N5O2S. The van der Waals surface area contributed by atoms with Crippen LogP contribution in [0.25, 0.3) is 11.4 Å². The van der Waals surface area contributed by atoms with Crippen molar-refractivity contribution in [3.63, 3.8) is 0 Å². The average molecular weight is 353 g/mol. The molecule has 3 N–H and O–H groups in total. The molecule has 7 nitrogen and oxygen atoms in total. The predicted molar refractivity (Wildman–Crippen MR) is 94.6 cm³/mol. The monoisotopic (exact) mass is 353 g/mol. The SMILES string of the molecule is COc1ccc(-n2c(=N)c(C(N)=O)nn(-c3ccccc3)c2=S)cc1. The molecule has 0 saturated carbocycles. The minimum Gasteiger partial charge on any atom is -0.497 e. The second-order valence-electron chi connectivity index (χ2n) is 5.12. The second kappa shape index (κ2) is 6.70. The maximum atomic E-state index is 11.8. The standard InChI is InChI=1S/C17H15N5O2S/c1-24-13-9-7-11(8-10-13)21-15(18)14(16(19)23)20-22(17(21)25)12-5-3-2-4-6-12/h2-10,18H,1H3,(H2,19,23). The van der Waals surface area contributed by atoms with Gasteiger partial charge in [-0.15, -0.1) is 0 Å². The highest BCUT2D eigenvalue weighted by atomic mass is 32.1. The quantitative estimate of drug-likeness (QED) is 0.701. The van der Waals surface area contributed by atoms with Crippen LogP contribution in [0.4, 0.5) is 0 Å². The molecule has 2 aromatic carbocycles. The van der Waals surface area contributed by atoms with Crippen molar-refractivity contribution in [1.29, 1.82) is 5.41 Å². The van der Waals surface area contributed by atoms with Crippen molar-refractivity contribution >= 4 is 18.1 Å². The van der Waals surface area contributed by atoms with Crippen molar-refractivity contribution in [1.82, 2.24) is 14.3 Å². The van der Waals surface area contributed by atoms with Gasteiger partial charge in [-0.3, -0.25) is 14.8 Å². The summed E-state index contributed by atoms with van der Waals surface area (Å²) in [6.07, 6.45) is 0. The molecule has 0 fully saturated rings. The van der Waals surface area contributed by atoms with Crippen molar-refractivity contribution in [2.75, 3.05) is 7.11 Å². The zero-order valence-electron chi connectivity index (χ0n) is 13.3. The lowest BCUT2D eigenvalue weighted by Gasteiger charge is -2.14. The number of nitrogens with one attached hydrogen (secondary N) is 1. The van der Waals surface area contributed by atoms with Gasteiger partial charge in [0.1, 0.15) is 5.75 Å². The van der Waals surface area contributed by atoms with E-state index in [1.54, 1.807) is 43.5 Å². The van der Waals surface area contributed by atoms with Crippen LogP contribution < -0.4 is 16.0 Å². The van der Waals surface area contributed by atoms with Crippen LogP contribution in [0, 0.1) is 10.2 Å². The number of rotatable bonds is 4. The van der Waals surface area contributed by atoms with Crippen LogP contribution in [0.3, 0.4) is 0 Å². The van der Waals surface area contributed by atoms with Crippen LogP contribution in [0.15, 0.2) is 54.6 Å². The van der Waals surface area contributed by atoms with Crippen LogP contribution in [0.1, 0.15) is 10.5 Å². The van der Waals surface area contributed by atoms with Gasteiger partial charge in [-0.2, -0.15) is 5.10 Å². The van der Waals surface area contributed by atoms with Crippen LogP contribution in [0.2, 0.25) is 0 Å². The van der Waals surface area contributed by atoms with Gasteiger partial charge in [0.25, 0.3) is 5.91 Å². The van der Waals surface area contributed by atoms with E-state index in [2.05, 4.69) is 5.10 Å². The van der Waals surface area contributed by atoms with E-state index in [1.165, 1.54) is 9.25 Å². The highest BCUT2D eigenvalue weighted by molar-refractivity contribution is 7.71. The Morgan fingerprint density at radius 3 is 2.32 bits per heavy atom. The van der Waals surface area contributed by atoms with Crippen molar-refractivity contribution < 1.29 is 9.53 Å². The summed E-state index contributed by atoms with van der Waals surface area (Å²) >= 11 is 5.51. The number of primary amides is 1. The first-order valence-corrected chi connectivity index (χ1v) is 7.74. The third kappa shape index (κ3) is 3.07. The van der Waals surface area contributed by atoms with Crippen molar-refractivity contribution in [2.45, 2.75) is 0 Å². The zero-order valence-corrected chi connectivity index (χ0v) is 14.2. The summed E-state index contributed by atoms with van der Waals surface area (Å²) in [6, 6.07) is 16.1. The number of carbonyl (C=O) groups is 1. The van der Waals surface area contributed by atoms with Crippen molar-refractivity contribution in [3.8, 4) is 17.1 Å². The summed E-state index contributed by atoms with van der Waals surface area (Å²) in [7, 11) is 1.57. The Hall–Kier alpha value is -3.26. The van der Waals surface area contributed by atoms with Gasteiger partial charge in [0.2, 0.25) is 4.77 Å². The second-order valence-corrected chi connectivity index (χ2v) is 5.49. The first kappa shape index (κ1) is 16.6.